The van der Waals surface area contributed by atoms with Crippen LogP contribution in [0.3, 0.4) is 0 Å². The number of fused-ring (bicyclic) bond motifs is 1. The number of H-pyrrole nitrogens is 1. The van der Waals surface area contributed by atoms with Crippen LogP contribution in [0, 0.1) is 0 Å². The predicted octanol–water partition coefficient (Wildman–Crippen LogP) is 2.53. The van der Waals surface area contributed by atoms with Gasteiger partial charge in [0.25, 0.3) is 5.56 Å². The van der Waals surface area contributed by atoms with E-state index in [9.17, 15) is 4.79 Å². The number of anilines is 2. The van der Waals surface area contributed by atoms with E-state index in [1.54, 1.807) is 6.07 Å². The van der Waals surface area contributed by atoms with Crippen molar-refractivity contribution in [2.75, 3.05) is 49.3 Å². The summed E-state index contributed by atoms with van der Waals surface area (Å²) in [5.74, 6) is 2.53. The first-order chi connectivity index (χ1) is 14.8. The van der Waals surface area contributed by atoms with Gasteiger partial charge in [0.1, 0.15) is 11.6 Å². The van der Waals surface area contributed by atoms with Gasteiger partial charge in [0.15, 0.2) is 0 Å². The Morgan fingerprint density at radius 2 is 2.00 bits per heavy atom. The van der Waals surface area contributed by atoms with Gasteiger partial charge in [-0.25, -0.2) is 0 Å². The molecule has 2 aromatic rings. The molecule has 2 saturated heterocycles. The Bertz CT molecular complexity index is 938. The molecule has 1 aromatic carbocycles. The molecule has 1 atom stereocenters. The molecule has 0 saturated carbocycles. The number of nitrogens with one attached hydrogen (secondary N) is 1. The van der Waals surface area contributed by atoms with Crippen LogP contribution in [0.5, 0.6) is 5.75 Å². The van der Waals surface area contributed by atoms with Gasteiger partial charge in [-0.15, -0.1) is 0 Å². The van der Waals surface area contributed by atoms with Crippen molar-refractivity contribution in [1.29, 1.82) is 0 Å². The Hall–Kier alpha value is -2.54. The Labute approximate surface area is 177 Å². The molecule has 7 nitrogen and oxygen atoms in total. The van der Waals surface area contributed by atoms with Crippen LogP contribution in [0.2, 0.25) is 0 Å². The SMILES string of the molecule is O=c1cc(N2CCOCC2)nc(N2CCCCC[C@H]2Cc2cccc3c2OCC3)[nH]1. The van der Waals surface area contributed by atoms with E-state index < -0.39 is 0 Å². The maximum atomic E-state index is 12.5. The van der Waals surface area contributed by atoms with Crippen molar-refractivity contribution < 1.29 is 9.47 Å². The molecule has 3 aliphatic rings. The second-order valence-electron chi connectivity index (χ2n) is 8.43. The van der Waals surface area contributed by atoms with Crippen molar-refractivity contribution in [2.24, 2.45) is 0 Å². The molecule has 0 unspecified atom stereocenters. The van der Waals surface area contributed by atoms with Crippen LogP contribution in [0.25, 0.3) is 0 Å². The lowest BCUT2D eigenvalue weighted by molar-refractivity contribution is 0.122. The number of para-hydroxylation sites is 1. The molecule has 0 spiro atoms. The molecule has 4 heterocycles. The van der Waals surface area contributed by atoms with Gasteiger partial charge >= 0.3 is 0 Å². The molecule has 1 N–H and O–H groups in total. The molecule has 7 heteroatoms. The van der Waals surface area contributed by atoms with Crippen LogP contribution in [0.4, 0.5) is 11.8 Å². The number of morpholine rings is 1. The maximum Gasteiger partial charge on any atom is 0.254 e. The predicted molar refractivity (Wildman–Crippen MR) is 117 cm³/mol. The standard InChI is InChI=1S/C23H30N4O3/c28-21-16-20(26-10-13-29-14-11-26)24-23(25-21)27-9-3-1-2-7-19(27)15-18-6-4-5-17-8-12-30-22(17)18/h4-6,16,19H,1-3,7-15H2,(H,24,25,28)/t19-/m0/s1. The molecule has 2 fully saturated rings. The van der Waals surface area contributed by atoms with E-state index in [-0.39, 0.29) is 5.56 Å². The summed E-state index contributed by atoms with van der Waals surface area (Å²) in [7, 11) is 0. The quantitative estimate of drug-likeness (QED) is 0.835. The number of benzene rings is 1. The monoisotopic (exact) mass is 410 g/mol. The highest BCUT2D eigenvalue weighted by atomic mass is 16.5. The van der Waals surface area contributed by atoms with E-state index in [1.807, 2.05) is 0 Å². The molecule has 0 amide bonds. The number of hydrogen-bond acceptors (Lipinski definition) is 6. The second-order valence-corrected chi connectivity index (χ2v) is 8.43. The molecule has 0 bridgehead atoms. The van der Waals surface area contributed by atoms with E-state index in [4.69, 9.17) is 14.5 Å². The topological polar surface area (TPSA) is 70.7 Å². The first-order valence-corrected chi connectivity index (χ1v) is 11.2. The maximum absolute atomic E-state index is 12.5. The van der Waals surface area contributed by atoms with Gasteiger partial charge in [-0.3, -0.25) is 9.78 Å². The van der Waals surface area contributed by atoms with Crippen LogP contribution < -0.4 is 20.1 Å². The van der Waals surface area contributed by atoms with Crippen molar-refractivity contribution in [2.45, 2.75) is 44.6 Å². The van der Waals surface area contributed by atoms with Crippen molar-refractivity contribution in [3.05, 3.63) is 45.7 Å². The Kier molecular flexibility index (Phi) is 5.62. The molecule has 0 aliphatic carbocycles. The minimum absolute atomic E-state index is 0.0894. The van der Waals surface area contributed by atoms with Gasteiger partial charge < -0.3 is 19.3 Å². The van der Waals surface area contributed by atoms with Crippen molar-refractivity contribution in [3.63, 3.8) is 0 Å². The summed E-state index contributed by atoms with van der Waals surface area (Å²) < 4.78 is 11.4. The number of aromatic amines is 1. The first kappa shape index (κ1) is 19.4. The highest BCUT2D eigenvalue weighted by Crippen LogP contribution is 2.33. The average Bonchev–Trinajstić information content (AvgIpc) is 3.14. The lowest BCUT2D eigenvalue weighted by Crippen LogP contribution is -2.41. The smallest absolute Gasteiger partial charge is 0.254 e. The summed E-state index contributed by atoms with van der Waals surface area (Å²) in [6.45, 7) is 4.58. The van der Waals surface area contributed by atoms with E-state index >= 15 is 0 Å². The van der Waals surface area contributed by atoms with Crippen molar-refractivity contribution >= 4 is 11.8 Å². The van der Waals surface area contributed by atoms with Gasteiger partial charge in [-0.1, -0.05) is 31.0 Å². The van der Waals surface area contributed by atoms with Crippen LogP contribution in [0.1, 0.15) is 36.8 Å². The fourth-order valence-corrected chi connectivity index (χ4v) is 4.89. The van der Waals surface area contributed by atoms with Crippen LogP contribution in [-0.4, -0.2) is 55.5 Å². The number of rotatable bonds is 4. The van der Waals surface area contributed by atoms with E-state index in [0.29, 0.717) is 25.2 Å². The summed E-state index contributed by atoms with van der Waals surface area (Å²) in [6, 6.07) is 8.41. The van der Waals surface area contributed by atoms with E-state index in [2.05, 4.69) is 33.0 Å². The third-order valence-corrected chi connectivity index (χ3v) is 6.45. The molecular formula is C23H30N4O3. The summed E-state index contributed by atoms with van der Waals surface area (Å²) in [4.78, 5) is 24.9. The third-order valence-electron chi connectivity index (χ3n) is 6.45. The minimum atomic E-state index is -0.0894. The Morgan fingerprint density at radius 3 is 2.90 bits per heavy atom. The molecular weight excluding hydrogens is 380 g/mol. The van der Waals surface area contributed by atoms with Crippen molar-refractivity contribution in [3.8, 4) is 5.75 Å². The molecule has 5 rings (SSSR count). The van der Waals surface area contributed by atoms with Crippen LogP contribution >= 0.6 is 0 Å². The number of hydrogen-bond donors (Lipinski definition) is 1. The zero-order chi connectivity index (χ0) is 20.3. The van der Waals surface area contributed by atoms with Crippen molar-refractivity contribution in [1.82, 2.24) is 9.97 Å². The third kappa shape index (κ3) is 4.03. The fourth-order valence-electron chi connectivity index (χ4n) is 4.89. The Balaban J connectivity index is 1.44. The second kappa shape index (κ2) is 8.68. The normalized spacial score (nSPS) is 21.8. The molecule has 30 heavy (non-hydrogen) atoms. The number of ether oxygens (including phenoxy) is 2. The lowest BCUT2D eigenvalue weighted by atomic mass is 9.98. The molecule has 1 aromatic heterocycles. The number of nitrogens with zero attached hydrogens (tertiary/aromatic N) is 3. The van der Waals surface area contributed by atoms with E-state index in [1.165, 1.54) is 24.0 Å². The van der Waals surface area contributed by atoms with Crippen LogP contribution in [0.15, 0.2) is 29.1 Å². The zero-order valence-corrected chi connectivity index (χ0v) is 17.4. The Morgan fingerprint density at radius 1 is 1.10 bits per heavy atom. The molecule has 3 aliphatic heterocycles. The first-order valence-electron chi connectivity index (χ1n) is 11.2. The number of aromatic nitrogens is 2. The van der Waals surface area contributed by atoms with Gasteiger partial charge in [0, 0.05) is 38.2 Å². The zero-order valence-electron chi connectivity index (χ0n) is 17.4. The van der Waals surface area contributed by atoms with Gasteiger partial charge in [-0.2, -0.15) is 4.98 Å². The average molecular weight is 411 g/mol. The molecule has 0 radical (unpaired) electrons. The lowest BCUT2D eigenvalue weighted by Gasteiger charge is -2.33. The van der Waals surface area contributed by atoms with Gasteiger partial charge in [-0.05, 0) is 30.4 Å². The largest absolute Gasteiger partial charge is 0.493 e. The summed E-state index contributed by atoms with van der Waals surface area (Å²) in [5, 5.41) is 0. The highest BCUT2D eigenvalue weighted by molar-refractivity contribution is 5.47. The van der Waals surface area contributed by atoms with Gasteiger partial charge in [0.2, 0.25) is 5.95 Å². The summed E-state index contributed by atoms with van der Waals surface area (Å²) >= 11 is 0. The summed E-state index contributed by atoms with van der Waals surface area (Å²) in [6.07, 6.45) is 6.53. The van der Waals surface area contributed by atoms with Gasteiger partial charge in [0.05, 0.1) is 19.8 Å². The highest BCUT2D eigenvalue weighted by Gasteiger charge is 2.27. The summed E-state index contributed by atoms with van der Waals surface area (Å²) in [5.41, 5.74) is 2.50. The van der Waals surface area contributed by atoms with E-state index in [0.717, 1.165) is 63.5 Å². The molecule has 160 valence electrons. The fraction of sp³-hybridized carbons (Fsp3) is 0.565. The minimum Gasteiger partial charge on any atom is -0.493 e. The van der Waals surface area contributed by atoms with Crippen LogP contribution in [-0.2, 0) is 17.6 Å².